The predicted octanol–water partition coefficient (Wildman–Crippen LogP) is 22.4. The molecule has 5 atom stereocenters. The van der Waals surface area contributed by atoms with E-state index in [1.165, 1.54) is 0 Å². The second-order valence-corrected chi connectivity index (χ2v) is 27.9. The Bertz CT molecular complexity index is 2520. The van der Waals surface area contributed by atoms with Crippen LogP contribution >= 0.6 is 15.6 Å². The molecule has 4 N–H and O–H groups in total. The summed E-state index contributed by atoms with van der Waals surface area (Å²) in [7, 11) is -9.81. The molecule has 0 amide bonds. The highest BCUT2D eigenvalue weighted by Crippen LogP contribution is 2.45. The van der Waals surface area contributed by atoms with Gasteiger partial charge in [0.05, 0.1) is 26.4 Å². The molecule has 16 nitrogen and oxygen atoms in total. The van der Waals surface area contributed by atoms with E-state index in [4.69, 9.17) is 32.3 Å². The van der Waals surface area contributed by atoms with E-state index in [0.29, 0.717) is 19.3 Å². The van der Waals surface area contributed by atoms with E-state index in [-0.39, 0.29) is 19.3 Å². The van der Waals surface area contributed by atoms with Crippen molar-refractivity contribution in [2.24, 2.45) is 0 Å². The number of ether oxygens (including phenoxy) is 3. The highest BCUT2D eigenvalue weighted by Gasteiger charge is 2.29. The fourth-order valence-corrected chi connectivity index (χ4v) is 11.3. The van der Waals surface area contributed by atoms with Gasteiger partial charge in [-0.25, -0.2) is 9.13 Å². The predicted molar refractivity (Wildman–Crippen MR) is 417 cm³/mol. The van der Waals surface area contributed by atoms with Gasteiger partial charge in [-0.15, -0.1) is 0 Å². The molecule has 0 saturated heterocycles. The number of aliphatic hydroxyl groups excluding tert-OH is 2. The summed E-state index contributed by atoms with van der Waals surface area (Å²) in [5.41, 5.74) is 0. The molecule has 574 valence electrons. The Labute approximate surface area is 612 Å². The third-order valence-corrected chi connectivity index (χ3v) is 17.3. The maximum Gasteiger partial charge on any atom is 0.472 e. The number of phosphoric acid groups is 2. The maximum absolute atomic E-state index is 13.0. The van der Waals surface area contributed by atoms with Gasteiger partial charge in [0.1, 0.15) is 25.4 Å². The van der Waals surface area contributed by atoms with Crippen molar-refractivity contribution in [1.82, 2.24) is 0 Å². The van der Waals surface area contributed by atoms with Crippen molar-refractivity contribution in [3.63, 3.8) is 0 Å². The Balaban J connectivity index is 4.69. The largest absolute Gasteiger partial charge is 0.472 e. The average molecular weight is 1450 g/mol. The fraction of sp³-hybridized carbons (Fsp3) is 0.627. The van der Waals surface area contributed by atoms with Crippen LogP contribution in [0.1, 0.15) is 278 Å². The van der Waals surface area contributed by atoms with E-state index in [0.717, 1.165) is 218 Å². The van der Waals surface area contributed by atoms with Crippen molar-refractivity contribution in [3.8, 4) is 0 Å². The van der Waals surface area contributed by atoms with E-state index in [1.54, 1.807) is 0 Å². The van der Waals surface area contributed by atoms with Crippen LogP contribution in [0.3, 0.4) is 0 Å². The van der Waals surface area contributed by atoms with Crippen LogP contribution < -0.4 is 0 Å². The summed E-state index contributed by atoms with van der Waals surface area (Å²) < 4.78 is 61.1. The van der Waals surface area contributed by atoms with Crippen LogP contribution in [0, 0.1) is 0 Å². The van der Waals surface area contributed by atoms with Crippen molar-refractivity contribution >= 4 is 33.6 Å². The number of hydrogen-bond donors (Lipinski definition) is 4. The molecule has 0 aromatic carbocycles. The van der Waals surface area contributed by atoms with Crippen molar-refractivity contribution in [2.75, 3.05) is 39.6 Å². The lowest BCUT2D eigenvalue weighted by Gasteiger charge is -2.21. The molecule has 0 aromatic rings. The zero-order chi connectivity index (χ0) is 73.7. The quantitative estimate of drug-likeness (QED) is 0.0146. The van der Waals surface area contributed by atoms with Crippen LogP contribution in [0.5, 0.6) is 0 Å². The van der Waals surface area contributed by atoms with E-state index in [2.05, 4.69) is 191 Å². The Hall–Kier alpha value is -5.09. The first-order valence-corrected chi connectivity index (χ1v) is 41.4. The Morgan fingerprint density at radius 2 is 0.495 bits per heavy atom. The Morgan fingerprint density at radius 1 is 0.277 bits per heavy atom. The second kappa shape index (κ2) is 74.6. The molecule has 101 heavy (non-hydrogen) atoms. The van der Waals surface area contributed by atoms with E-state index in [9.17, 15) is 43.5 Å². The number of aliphatic hydroxyl groups is 2. The van der Waals surface area contributed by atoms with E-state index in [1.807, 2.05) is 0 Å². The van der Waals surface area contributed by atoms with Gasteiger partial charge >= 0.3 is 33.6 Å². The number of rotatable bonds is 71. The monoisotopic (exact) mass is 1450 g/mol. The van der Waals surface area contributed by atoms with Gasteiger partial charge in [-0.3, -0.25) is 32.5 Å². The van der Waals surface area contributed by atoms with Crippen LogP contribution in [0.4, 0.5) is 0 Å². The fourth-order valence-electron chi connectivity index (χ4n) is 9.67. The zero-order valence-corrected chi connectivity index (χ0v) is 64.3. The van der Waals surface area contributed by atoms with Crippen LogP contribution in [0.2, 0.25) is 0 Å². The van der Waals surface area contributed by atoms with Gasteiger partial charge in [-0.2, -0.15) is 0 Å². The number of carbonyl (C=O) groups excluding carboxylic acids is 3. The van der Waals surface area contributed by atoms with Crippen molar-refractivity contribution in [1.29, 1.82) is 0 Å². The van der Waals surface area contributed by atoms with Crippen LogP contribution in [0.15, 0.2) is 170 Å². The molecule has 0 aliphatic carbocycles. The minimum absolute atomic E-state index is 0.0844. The van der Waals surface area contributed by atoms with Crippen molar-refractivity contribution in [2.45, 2.75) is 296 Å². The lowest BCUT2D eigenvalue weighted by atomic mass is 10.1. The first kappa shape index (κ1) is 95.9. The summed E-state index contributed by atoms with van der Waals surface area (Å²) in [5, 5.41) is 20.6. The molecule has 0 bridgehead atoms. The number of phosphoric ester groups is 2. The van der Waals surface area contributed by atoms with Gasteiger partial charge in [0, 0.05) is 19.3 Å². The topological polar surface area (TPSA) is 231 Å². The number of esters is 3. The molecular weight excluding hydrogens is 1310 g/mol. The van der Waals surface area contributed by atoms with E-state index < -0.39 is 91.5 Å². The summed E-state index contributed by atoms with van der Waals surface area (Å²) in [6.45, 7) is 2.29. The summed E-state index contributed by atoms with van der Waals surface area (Å²) in [4.78, 5) is 58.7. The van der Waals surface area contributed by atoms with Gasteiger partial charge in [-0.05, 0) is 148 Å². The third kappa shape index (κ3) is 75.9. The molecule has 5 unspecified atom stereocenters. The number of unbranched alkanes of at least 4 members (excludes halogenated alkanes) is 20. The number of allylic oxidation sites excluding steroid dienone is 28. The zero-order valence-electron chi connectivity index (χ0n) is 62.5. The minimum atomic E-state index is -4.94. The average Bonchev–Trinajstić information content (AvgIpc) is 0.946. The second-order valence-electron chi connectivity index (χ2n) is 25.0. The summed E-state index contributed by atoms with van der Waals surface area (Å²) in [6.07, 6.45) is 93.8. The maximum atomic E-state index is 13.0. The van der Waals surface area contributed by atoms with Gasteiger partial charge in [0.15, 0.2) is 6.10 Å². The van der Waals surface area contributed by atoms with Crippen LogP contribution in [-0.2, 0) is 55.8 Å². The minimum Gasteiger partial charge on any atom is -0.463 e. The summed E-state index contributed by atoms with van der Waals surface area (Å²) in [6, 6.07) is 0. The molecule has 0 aliphatic rings. The molecule has 0 rings (SSSR count). The van der Waals surface area contributed by atoms with Crippen molar-refractivity contribution in [3.05, 3.63) is 170 Å². The molecule has 0 spiro atoms. The highest BCUT2D eigenvalue weighted by molar-refractivity contribution is 7.47. The molecule has 0 radical (unpaired) electrons. The van der Waals surface area contributed by atoms with E-state index >= 15 is 0 Å². The van der Waals surface area contributed by atoms with Gasteiger partial charge < -0.3 is 34.2 Å². The standard InChI is InChI=1S/C83H136O16P2/c1-4-7-10-13-16-19-22-25-28-31-33-35-37-38-40-42-43-46-48-51-54-57-60-63-66-69-81(86)93-72-78(84)73-95-100(89,90)96-74-79(85)75-97-101(91,92)98-77-80(99-83(88)71-68-65-62-59-56-53-50-45-30-27-24-21-18-15-12-9-6-3)76-94-82(87)70-67-64-61-58-55-52-49-47-44-41-39-36-34-32-29-26-23-20-17-14-11-8-5-2/h7-12,16-21,25-30,33-36,38,40-41,43-44,46,78-80,84-85H,4-6,13-15,22-24,31-32,37,39,42,45,47-77H2,1-3H3,(H,89,90)(H,91,92)/b10-7-,11-8-,12-9-,19-16-,20-17-,21-18-,28-25-,29-26-,30-27-,35-33-,36-34-,40-38-,44-41-,46-43-. The van der Waals surface area contributed by atoms with Crippen LogP contribution in [-0.4, -0.2) is 95.9 Å². The molecule has 0 heterocycles. The molecule has 18 heteroatoms. The highest BCUT2D eigenvalue weighted by atomic mass is 31.2. The lowest BCUT2D eigenvalue weighted by Crippen LogP contribution is -2.30. The van der Waals surface area contributed by atoms with Gasteiger partial charge in [0.2, 0.25) is 0 Å². The molecule has 0 saturated carbocycles. The first-order chi connectivity index (χ1) is 49.2. The molecular formula is C83H136O16P2. The van der Waals surface area contributed by atoms with Gasteiger partial charge in [0.25, 0.3) is 0 Å². The smallest absolute Gasteiger partial charge is 0.463 e. The summed E-state index contributed by atoms with van der Waals surface area (Å²) >= 11 is 0. The molecule has 0 aromatic heterocycles. The Morgan fingerprint density at radius 3 is 0.782 bits per heavy atom. The number of hydrogen-bond acceptors (Lipinski definition) is 14. The molecule has 0 aliphatic heterocycles. The van der Waals surface area contributed by atoms with Gasteiger partial charge in [-0.1, -0.05) is 281 Å². The SMILES string of the molecule is CC/C=C\C/C=C\C/C=C\C/C=C\C/C=C\C/C=C\CCCCCCCCC(=O)OCC(O)COP(=O)(O)OCC(O)COP(=O)(O)OCC(COC(=O)CCCCCCCCC/C=C\C/C=C\C/C=C\C/C=C\C/C=C\CC)OC(=O)CCCCCCCCC/C=C\C/C=C\C/C=C\CC. The van der Waals surface area contributed by atoms with Crippen molar-refractivity contribution < 1.29 is 75.8 Å². The van der Waals surface area contributed by atoms with Crippen LogP contribution in [0.25, 0.3) is 0 Å². The normalized spacial score (nSPS) is 15.0. The summed E-state index contributed by atoms with van der Waals surface area (Å²) in [5.74, 6) is -1.62. The Kier molecular flexibility index (Phi) is 70.9. The first-order valence-electron chi connectivity index (χ1n) is 38.4. The third-order valence-electron chi connectivity index (χ3n) is 15.4. The molecule has 0 fully saturated rings. The lowest BCUT2D eigenvalue weighted by molar-refractivity contribution is -0.161. The number of carbonyl (C=O) groups is 3.